The largest absolute Gasteiger partial charge is 0.435 e. The molecule has 0 aliphatic carbocycles. The Morgan fingerprint density at radius 1 is 1.35 bits per heavy atom. The molecule has 0 radical (unpaired) electrons. The normalized spacial score (nSPS) is 12.3. The minimum Gasteiger partial charge on any atom is -0.330 e. The Kier molecular flexibility index (Phi) is 2.82. The molecule has 0 aliphatic rings. The van der Waals surface area contributed by atoms with Crippen molar-refractivity contribution in [1.29, 1.82) is 0 Å². The Bertz CT molecular complexity index is 543. The van der Waals surface area contributed by atoms with E-state index in [9.17, 15) is 13.2 Å². The zero-order chi connectivity index (χ0) is 12.6. The molecule has 2 rings (SSSR count). The highest BCUT2D eigenvalue weighted by atomic mass is 19.4. The van der Waals surface area contributed by atoms with Gasteiger partial charge in [-0.3, -0.25) is 4.68 Å². The molecule has 0 atom stereocenters. The molecule has 0 saturated heterocycles. The van der Waals surface area contributed by atoms with Crippen molar-refractivity contribution in [1.82, 2.24) is 9.78 Å². The first-order valence-corrected chi connectivity index (χ1v) is 5.17. The monoisotopic (exact) mass is 243 g/mol. The second-order valence-corrected chi connectivity index (χ2v) is 3.82. The van der Waals surface area contributed by atoms with Gasteiger partial charge in [0.1, 0.15) is 0 Å². The van der Waals surface area contributed by atoms with E-state index in [0.29, 0.717) is 24.0 Å². The van der Waals surface area contributed by atoms with E-state index in [0.717, 1.165) is 0 Å². The molecular formula is C11H12F3N3. The van der Waals surface area contributed by atoms with Crippen molar-refractivity contribution < 1.29 is 13.2 Å². The van der Waals surface area contributed by atoms with Gasteiger partial charge in [-0.05, 0) is 24.6 Å². The van der Waals surface area contributed by atoms with Gasteiger partial charge in [-0.1, -0.05) is 12.1 Å². The molecule has 0 fully saturated rings. The highest BCUT2D eigenvalue weighted by molar-refractivity contribution is 5.86. The van der Waals surface area contributed by atoms with E-state index in [1.807, 2.05) is 0 Å². The van der Waals surface area contributed by atoms with Crippen LogP contribution in [-0.4, -0.2) is 16.3 Å². The predicted molar refractivity (Wildman–Crippen MR) is 58.5 cm³/mol. The minimum atomic E-state index is -4.44. The summed E-state index contributed by atoms with van der Waals surface area (Å²) >= 11 is 0. The molecule has 2 N–H and O–H groups in total. The van der Waals surface area contributed by atoms with Crippen molar-refractivity contribution in [3.05, 3.63) is 29.5 Å². The number of halogens is 3. The number of fused-ring (bicyclic) bond motifs is 1. The van der Waals surface area contributed by atoms with Crippen LogP contribution in [0.15, 0.2) is 18.2 Å². The van der Waals surface area contributed by atoms with Crippen LogP contribution >= 0.6 is 0 Å². The molecule has 0 bridgehead atoms. The third-order valence-electron chi connectivity index (χ3n) is 2.65. The van der Waals surface area contributed by atoms with Crippen molar-refractivity contribution in [2.45, 2.75) is 12.6 Å². The maximum Gasteiger partial charge on any atom is 0.435 e. The van der Waals surface area contributed by atoms with Gasteiger partial charge in [-0.2, -0.15) is 18.3 Å². The van der Waals surface area contributed by atoms with Crippen molar-refractivity contribution >= 4 is 10.9 Å². The number of hydrogen-bond acceptors (Lipinski definition) is 2. The third kappa shape index (κ3) is 2.00. The molecule has 0 saturated carbocycles. The topological polar surface area (TPSA) is 43.8 Å². The van der Waals surface area contributed by atoms with Gasteiger partial charge in [-0.15, -0.1) is 0 Å². The molecule has 0 spiro atoms. The molecule has 6 heteroatoms. The maximum absolute atomic E-state index is 12.8. The maximum atomic E-state index is 12.8. The summed E-state index contributed by atoms with van der Waals surface area (Å²) in [6.07, 6.45) is -4.03. The number of rotatable bonds is 2. The smallest absolute Gasteiger partial charge is 0.330 e. The lowest BCUT2D eigenvalue weighted by molar-refractivity contribution is -0.140. The first kappa shape index (κ1) is 11.9. The summed E-state index contributed by atoms with van der Waals surface area (Å²) in [5.74, 6) is 0. The SMILES string of the molecule is Cn1nc(C(F)(F)F)c2c(CCN)cccc21. The molecule has 3 nitrogen and oxygen atoms in total. The van der Waals surface area contributed by atoms with Crippen molar-refractivity contribution in [3.63, 3.8) is 0 Å². The van der Waals surface area contributed by atoms with E-state index in [-0.39, 0.29) is 5.39 Å². The molecule has 1 heterocycles. The Morgan fingerprint density at radius 3 is 2.65 bits per heavy atom. The van der Waals surface area contributed by atoms with Crippen LogP contribution in [0.2, 0.25) is 0 Å². The minimum absolute atomic E-state index is 0.160. The van der Waals surface area contributed by atoms with Gasteiger partial charge >= 0.3 is 6.18 Å². The molecular weight excluding hydrogens is 231 g/mol. The summed E-state index contributed by atoms with van der Waals surface area (Å²) < 4.78 is 39.8. The number of aromatic nitrogens is 2. The van der Waals surface area contributed by atoms with Crippen LogP contribution in [0.4, 0.5) is 13.2 Å². The lowest BCUT2D eigenvalue weighted by atomic mass is 10.0. The lowest BCUT2D eigenvalue weighted by Gasteiger charge is -2.06. The second kappa shape index (κ2) is 4.03. The number of nitrogens with two attached hydrogens (primary N) is 1. The fraction of sp³-hybridized carbons (Fsp3) is 0.364. The highest BCUT2D eigenvalue weighted by Gasteiger charge is 2.37. The number of benzene rings is 1. The first-order chi connectivity index (χ1) is 7.95. The van der Waals surface area contributed by atoms with Gasteiger partial charge in [0.15, 0.2) is 5.69 Å². The van der Waals surface area contributed by atoms with E-state index in [2.05, 4.69) is 5.10 Å². The number of hydrogen-bond donors (Lipinski definition) is 1. The van der Waals surface area contributed by atoms with Gasteiger partial charge in [0, 0.05) is 12.4 Å². The molecule has 1 aromatic carbocycles. The quantitative estimate of drug-likeness (QED) is 0.877. The van der Waals surface area contributed by atoms with E-state index >= 15 is 0 Å². The molecule has 0 amide bonds. The predicted octanol–water partition coefficient (Wildman–Crippen LogP) is 2.09. The van der Waals surface area contributed by atoms with Gasteiger partial charge in [-0.25, -0.2) is 0 Å². The number of alkyl halides is 3. The molecule has 0 aliphatic heterocycles. The Hall–Kier alpha value is -1.56. The molecule has 92 valence electrons. The van der Waals surface area contributed by atoms with Crippen molar-refractivity contribution in [3.8, 4) is 0 Å². The van der Waals surface area contributed by atoms with Crippen molar-refractivity contribution in [2.75, 3.05) is 6.54 Å². The van der Waals surface area contributed by atoms with Gasteiger partial charge in [0.25, 0.3) is 0 Å². The average Bonchev–Trinajstić information content (AvgIpc) is 2.58. The number of nitrogens with zero attached hydrogens (tertiary/aromatic N) is 2. The van der Waals surface area contributed by atoms with Crippen LogP contribution in [-0.2, 0) is 19.6 Å². The van der Waals surface area contributed by atoms with Crippen LogP contribution in [0.1, 0.15) is 11.3 Å². The average molecular weight is 243 g/mol. The van der Waals surface area contributed by atoms with Crippen LogP contribution < -0.4 is 5.73 Å². The van der Waals surface area contributed by atoms with Crippen LogP contribution in [0.5, 0.6) is 0 Å². The third-order valence-corrected chi connectivity index (χ3v) is 2.65. The summed E-state index contributed by atoms with van der Waals surface area (Å²) in [6.45, 7) is 0.311. The Balaban J connectivity index is 2.77. The van der Waals surface area contributed by atoms with E-state index < -0.39 is 11.9 Å². The van der Waals surface area contributed by atoms with E-state index in [1.54, 1.807) is 18.2 Å². The Labute approximate surface area is 96.0 Å². The van der Waals surface area contributed by atoms with Gasteiger partial charge in [0.05, 0.1) is 5.52 Å². The van der Waals surface area contributed by atoms with E-state index in [1.165, 1.54) is 11.7 Å². The van der Waals surface area contributed by atoms with Crippen molar-refractivity contribution in [2.24, 2.45) is 12.8 Å². The molecule has 1 aromatic heterocycles. The summed E-state index contributed by atoms with van der Waals surface area (Å²) in [4.78, 5) is 0. The van der Waals surface area contributed by atoms with Gasteiger partial charge in [0.2, 0.25) is 0 Å². The first-order valence-electron chi connectivity index (χ1n) is 5.17. The fourth-order valence-electron chi connectivity index (χ4n) is 1.95. The fourth-order valence-corrected chi connectivity index (χ4v) is 1.95. The van der Waals surface area contributed by atoms with Crippen LogP contribution in [0, 0.1) is 0 Å². The molecule has 0 unspecified atom stereocenters. The number of aryl methyl sites for hydroxylation is 1. The van der Waals surface area contributed by atoms with Crippen LogP contribution in [0.25, 0.3) is 10.9 Å². The Morgan fingerprint density at radius 2 is 2.06 bits per heavy atom. The van der Waals surface area contributed by atoms with Gasteiger partial charge < -0.3 is 5.73 Å². The highest BCUT2D eigenvalue weighted by Crippen LogP contribution is 2.35. The summed E-state index contributed by atoms with van der Waals surface area (Å²) in [5, 5.41) is 3.71. The summed E-state index contributed by atoms with van der Waals surface area (Å²) in [5.41, 5.74) is 5.64. The lowest BCUT2D eigenvalue weighted by Crippen LogP contribution is -2.09. The zero-order valence-corrected chi connectivity index (χ0v) is 9.25. The molecule has 17 heavy (non-hydrogen) atoms. The summed E-state index contributed by atoms with van der Waals surface area (Å²) in [7, 11) is 1.50. The standard InChI is InChI=1S/C11H12F3N3/c1-17-8-4-2-3-7(5-6-15)9(8)10(16-17)11(12,13)14/h2-4H,5-6,15H2,1H3. The molecule has 2 aromatic rings. The zero-order valence-electron chi connectivity index (χ0n) is 9.25. The summed E-state index contributed by atoms with van der Waals surface area (Å²) in [6, 6.07) is 5.00. The van der Waals surface area contributed by atoms with Crippen LogP contribution in [0.3, 0.4) is 0 Å². The van der Waals surface area contributed by atoms with E-state index in [4.69, 9.17) is 5.73 Å². The second-order valence-electron chi connectivity index (χ2n) is 3.82.